The minimum Gasteiger partial charge on any atom is -0.358 e. The van der Waals surface area contributed by atoms with Gasteiger partial charge in [0.15, 0.2) is 5.69 Å². The van der Waals surface area contributed by atoms with E-state index in [4.69, 9.17) is 0 Å². The molecule has 0 saturated heterocycles. The maximum absolute atomic E-state index is 12.1. The number of carbonyl (C=O) groups is 1. The van der Waals surface area contributed by atoms with Crippen molar-refractivity contribution in [2.75, 3.05) is 5.32 Å². The summed E-state index contributed by atoms with van der Waals surface area (Å²) in [5.74, 6) is -0.984. The van der Waals surface area contributed by atoms with E-state index in [9.17, 15) is 14.9 Å². The second-order valence-corrected chi connectivity index (χ2v) is 5.99. The van der Waals surface area contributed by atoms with Crippen molar-refractivity contribution in [1.82, 2.24) is 25.0 Å². The molecule has 3 rings (SSSR count). The molecule has 0 saturated carbocycles. The van der Waals surface area contributed by atoms with Crippen molar-refractivity contribution in [1.29, 1.82) is 0 Å². The molecule has 0 fully saturated rings. The Balaban J connectivity index is 1.69. The zero-order valence-corrected chi connectivity index (χ0v) is 14.5. The number of aromatic nitrogens is 5. The number of hydrogen-bond donors (Lipinski definition) is 2. The van der Waals surface area contributed by atoms with Crippen molar-refractivity contribution in [3.05, 3.63) is 62.0 Å². The van der Waals surface area contributed by atoms with Gasteiger partial charge in [-0.25, -0.2) is 9.67 Å². The molecule has 2 N–H and O–H groups in total. The predicted octanol–water partition coefficient (Wildman–Crippen LogP) is 2.28. The summed E-state index contributed by atoms with van der Waals surface area (Å²) >= 11 is 2.98. The first-order valence-electron chi connectivity index (χ1n) is 7.08. The van der Waals surface area contributed by atoms with Crippen LogP contribution in [0.15, 0.2) is 35.1 Å². The van der Waals surface area contributed by atoms with E-state index >= 15 is 0 Å². The first-order chi connectivity index (χ1) is 11.9. The van der Waals surface area contributed by atoms with Gasteiger partial charge in [-0.05, 0) is 33.3 Å². The highest BCUT2D eigenvalue weighted by Crippen LogP contribution is 2.25. The lowest BCUT2D eigenvalue weighted by Gasteiger charge is -2.01. The fourth-order valence-electron chi connectivity index (χ4n) is 2.06. The number of H-pyrrole nitrogens is 1. The molecule has 10 nitrogen and oxygen atoms in total. The topological polar surface area (TPSA) is 132 Å². The van der Waals surface area contributed by atoms with Gasteiger partial charge in [-0.15, -0.1) is 10.2 Å². The average Bonchev–Trinajstić information content (AvgIpc) is 3.16. The smallest absolute Gasteiger partial charge is 0.357 e. The molecule has 0 aliphatic carbocycles. The molecule has 128 valence electrons. The minimum atomic E-state index is -0.678. The van der Waals surface area contributed by atoms with E-state index in [1.165, 1.54) is 6.33 Å². The lowest BCUT2D eigenvalue weighted by molar-refractivity contribution is -0.390. The molecule has 0 aliphatic heterocycles. The Bertz CT molecular complexity index is 932. The largest absolute Gasteiger partial charge is 0.358 e. The van der Waals surface area contributed by atoms with Gasteiger partial charge >= 0.3 is 5.82 Å². The molecule has 0 radical (unpaired) electrons. The van der Waals surface area contributed by atoms with Crippen LogP contribution in [0.25, 0.3) is 0 Å². The molecule has 2 heterocycles. The number of amides is 1. The van der Waals surface area contributed by atoms with E-state index < -0.39 is 16.6 Å². The van der Waals surface area contributed by atoms with Crippen molar-refractivity contribution in [2.24, 2.45) is 0 Å². The third kappa shape index (κ3) is 3.71. The van der Waals surface area contributed by atoms with Crippen molar-refractivity contribution in [3.63, 3.8) is 0 Å². The van der Waals surface area contributed by atoms with Gasteiger partial charge in [-0.2, -0.15) is 0 Å². The molecule has 25 heavy (non-hydrogen) atoms. The Morgan fingerprint density at radius 1 is 1.40 bits per heavy atom. The molecular weight excluding hydrogens is 394 g/mol. The van der Waals surface area contributed by atoms with Crippen LogP contribution >= 0.6 is 15.9 Å². The zero-order valence-electron chi connectivity index (χ0n) is 12.9. The van der Waals surface area contributed by atoms with Crippen LogP contribution in [0, 0.1) is 17.0 Å². The van der Waals surface area contributed by atoms with Crippen LogP contribution in [-0.4, -0.2) is 35.8 Å². The summed E-state index contributed by atoms with van der Waals surface area (Å²) in [5, 5.41) is 23.2. The fourth-order valence-corrected chi connectivity index (χ4v) is 2.56. The highest BCUT2D eigenvalue weighted by Gasteiger charge is 2.25. The van der Waals surface area contributed by atoms with Gasteiger partial charge in [0, 0.05) is 0 Å². The Morgan fingerprint density at radius 2 is 2.12 bits per heavy atom. The fraction of sp³-hybridized carbons (Fsp3) is 0.143. The van der Waals surface area contributed by atoms with E-state index in [1.807, 2.05) is 31.2 Å². The second-order valence-electron chi connectivity index (χ2n) is 5.20. The molecular formula is C14H12BrN7O3. The summed E-state index contributed by atoms with van der Waals surface area (Å²) < 4.78 is 1.54. The first kappa shape index (κ1) is 16.8. The number of halogens is 1. The molecule has 2 aromatic heterocycles. The minimum absolute atomic E-state index is 0.0333. The van der Waals surface area contributed by atoms with Crippen molar-refractivity contribution >= 4 is 33.6 Å². The van der Waals surface area contributed by atoms with Gasteiger partial charge in [0.2, 0.25) is 5.95 Å². The van der Waals surface area contributed by atoms with Crippen molar-refractivity contribution < 1.29 is 9.72 Å². The van der Waals surface area contributed by atoms with Crippen LogP contribution < -0.4 is 5.32 Å². The first-order valence-corrected chi connectivity index (χ1v) is 7.88. The number of anilines is 1. The lowest BCUT2D eigenvalue weighted by Crippen LogP contribution is -2.14. The molecule has 11 heteroatoms. The number of nitrogens with zero attached hydrogens (tertiary/aromatic N) is 5. The third-order valence-electron chi connectivity index (χ3n) is 3.31. The highest BCUT2D eigenvalue weighted by atomic mass is 79.9. The van der Waals surface area contributed by atoms with Crippen LogP contribution in [0.5, 0.6) is 0 Å². The Labute approximate surface area is 149 Å². The van der Waals surface area contributed by atoms with E-state index in [2.05, 4.69) is 41.5 Å². The molecule has 0 aliphatic rings. The van der Waals surface area contributed by atoms with E-state index in [0.29, 0.717) is 6.54 Å². The molecule has 0 spiro atoms. The summed E-state index contributed by atoms with van der Waals surface area (Å²) in [6, 6.07) is 7.96. The van der Waals surface area contributed by atoms with Crippen LogP contribution in [0.4, 0.5) is 11.8 Å². The van der Waals surface area contributed by atoms with Gasteiger partial charge in [0.1, 0.15) is 10.8 Å². The third-order valence-corrected chi connectivity index (χ3v) is 4.07. The normalized spacial score (nSPS) is 10.6. The maximum Gasteiger partial charge on any atom is 0.357 e. The molecule has 1 amide bonds. The lowest BCUT2D eigenvalue weighted by atomic mass is 10.1. The van der Waals surface area contributed by atoms with E-state index in [-0.39, 0.29) is 16.1 Å². The number of aryl methyl sites for hydroxylation is 1. The van der Waals surface area contributed by atoms with Gasteiger partial charge in [0.25, 0.3) is 5.91 Å². The van der Waals surface area contributed by atoms with E-state index in [0.717, 1.165) is 11.1 Å². The standard InChI is InChI=1S/C14H12BrN7O3/c1-8-2-4-9(5-3-8)6-21-7-16-14(20-21)17-13(23)11-10(15)12(19-18-11)22(24)25/h2-5,7H,6H2,1H3,(H,18,19)(H,17,20,23). The van der Waals surface area contributed by atoms with E-state index in [1.54, 1.807) is 4.68 Å². The summed E-state index contributed by atoms with van der Waals surface area (Å²) in [5.41, 5.74) is 2.05. The maximum atomic E-state index is 12.1. The number of carbonyl (C=O) groups excluding carboxylic acids is 1. The summed E-state index contributed by atoms with van der Waals surface area (Å²) in [6.45, 7) is 2.51. The van der Waals surface area contributed by atoms with Crippen LogP contribution in [0.2, 0.25) is 0 Å². The van der Waals surface area contributed by atoms with Gasteiger partial charge in [-0.1, -0.05) is 34.9 Å². The molecule has 1 aromatic carbocycles. The average molecular weight is 406 g/mol. The van der Waals surface area contributed by atoms with Crippen LogP contribution in [-0.2, 0) is 6.54 Å². The number of nitrogens with one attached hydrogen (secondary N) is 2. The summed E-state index contributed by atoms with van der Waals surface area (Å²) in [7, 11) is 0. The Hall–Kier alpha value is -3.08. The van der Waals surface area contributed by atoms with Crippen LogP contribution in [0.1, 0.15) is 21.6 Å². The summed E-state index contributed by atoms with van der Waals surface area (Å²) in [6.07, 6.45) is 1.48. The quantitative estimate of drug-likeness (QED) is 0.494. The van der Waals surface area contributed by atoms with Gasteiger partial charge in [-0.3, -0.25) is 10.1 Å². The number of benzene rings is 1. The predicted molar refractivity (Wildman–Crippen MR) is 91.2 cm³/mol. The second kappa shape index (κ2) is 6.81. The Morgan fingerprint density at radius 3 is 2.76 bits per heavy atom. The number of aromatic amines is 1. The number of nitro groups is 1. The molecule has 0 bridgehead atoms. The monoisotopic (exact) mass is 405 g/mol. The number of hydrogen-bond acceptors (Lipinski definition) is 6. The Kier molecular flexibility index (Phi) is 4.57. The highest BCUT2D eigenvalue weighted by molar-refractivity contribution is 9.10. The van der Waals surface area contributed by atoms with Crippen molar-refractivity contribution in [3.8, 4) is 0 Å². The zero-order chi connectivity index (χ0) is 18.0. The van der Waals surface area contributed by atoms with Crippen LogP contribution in [0.3, 0.4) is 0 Å². The molecule has 0 unspecified atom stereocenters. The van der Waals surface area contributed by atoms with Gasteiger partial charge < -0.3 is 10.1 Å². The SMILES string of the molecule is Cc1ccc(Cn2cnc(NC(=O)c3n[nH]c([N+](=O)[O-])c3Br)n2)cc1. The summed E-state index contributed by atoms with van der Waals surface area (Å²) in [4.78, 5) is 26.2. The molecule has 0 atom stereocenters. The number of rotatable bonds is 5. The van der Waals surface area contributed by atoms with Gasteiger partial charge in [0.05, 0.1) is 6.54 Å². The molecule has 3 aromatic rings. The van der Waals surface area contributed by atoms with Crippen molar-refractivity contribution in [2.45, 2.75) is 13.5 Å².